The van der Waals surface area contributed by atoms with Gasteiger partial charge in [0.05, 0.1) is 19.1 Å². The average Bonchev–Trinajstić information content (AvgIpc) is 2.73. The van der Waals surface area contributed by atoms with E-state index < -0.39 is 10.0 Å². The van der Waals surface area contributed by atoms with Crippen LogP contribution in [0.15, 0.2) is 48.5 Å². The molecule has 0 aliphatic rings. The largest absolute Gasteiger partial charge is 0.497 e. The molecule has 0 aliphatic heterocycles. The predicted octanol–water partition coefficient (Wildman–Crippen LogP) is 4.11. The van der Waals surface area contributed by atoms with Crippen LogP contribution in [0, 0.1) is 0 Å². The van der Waals surface area contributed by atoms with Gasteiger partial charge in [0.1, 0.15) is 5.75 Å². The van der Waals surface area contributed by atoms with Crippen molar-refractivity contribution in [2.45, 2.75) is 45.4 Å². The molecule has 0 saturated carbocycles. The number of ether oxygens (including phenoxy) is 1. The highest BCUT2D eigenvalue weighted by atomic mass is 32.2. The Labute approximate surface area is 186 Å². The first-order valence-electron chi connectivity index (χ1n) is 10.7. The van der Waals surface area contributed by atoms with E-state index in [1.807, 2.05) is 0 Å². The quantitative estimate of drug-likeness (QED) is 0.498. The van der Waals surface area contributed by atoms with E-state index in [0.717, 1.165) is 12.8 Å². The predicted molar refractivity (Wildman–Crippen MR) is 126 cm³/mol. The zero-order valence-corrected chi connectivity index (χ0v) is 19.7. The lowest BCUT2D eigenvalue weighted by molar-refractivity contribution is -0.121. The van der Waals surface area contributed by atoms with Crippen LogP contribution in [-0.2, 0) is 21.2 Å². The number of anilines is 1. The summed E-state index contributed by atoms with van der Waals surface area (Å²) in [6.07, 6.45) is 3.66. The number of rotatable bonds is 12. The summed E-state index contributed by atoms with van der Waals surface area (Å²) in [5.41, 5.74) is 3.13. The maximum absolute atomic E-state index is 12.2. The van der Waals surface area contributed by atoms with Crippen molar-refractivity contribution in [1.29, 1.82) is 0 Å². The lowest BCUT2D eigenvalue weighted by Gasteiger charge is -2.22. The van der Waals surface area contributed by atoms with E-state index in [-0.39, 0.29) is 18.9 Å². The van der Waals surface area contributed by atoms with Crippen molar-refractivity contribution >= 4 is 21.6 Å². The molecule has 2 aromatic carbocycles. The van der Waals surface area contributed by atoms with E-state index in [1.165, 1.54) is 28.8 Å². The Hall–Kier alpha value is -2.54. The minimum absolute atomic E-state index is 0.0609. The van der Waals surface area contributed by atoms with Gasteiger partial charge in [0.2, 0.25) is 15.9 Å². The molecule has 170 valence electrons. The molecule has 0 aromatic heterocycles. The number of carbonyl (C=O) groups is 1. The number of carbonyl (C=O) groups excluding carboxylic acids is 1. The second kappa shape index (κ2) is 11.7. The van der Waals surface area contributed by atoms with Crippen LogP contribution in [0.2, 0.25) is 0 Å². The van der Waals surface area contributed by atoms with Crippen LogP contribution < -0.4 is 14.4 Å². The van der Waals surface area contributed by atoms with E-state index in [2.05, 4.69) is 43.4 Å². The highest BCUT2D eigenvalue weighted by molar-refractivity contribution is 7.92. The molecule has 0 atom stereocenters. The number of benzene rings is 2. The molecule has 1 amide bonds. The third kappa shape index (κ3) is 8.25. The fourth-order valence-electron chi connectivity index (χ4n) is 3.31. The number of sulfonamides is 1. The summed E-state index contributed by atoms with van der Waals surface area (Å²) in [5.74, 6) is 1.05. The molecule has 31 heavy (non-hydrogen) atoms. The van der Waals surface area contributed by atoms with Crippen LogP contribution in [0.3, 0.4) is 0 Å². The van der Waals surface area contributed by atoms with E-state index in [4.69, 9.17) is 4.74 Å². The minimum Gasteiger partial charge on any atom is -0.497 e. The molecule has 0 spiro atoms. The van der Waals surface area contributed by atoms with Crippen LogP contribution in [0.25, 0.3) is 0 Å². The van der Waals surface area contributed by atoms with Gasteiger partial charge in [-0.05, 0) is 48.4 Å². The van der Waals surface area contributed by atoms with E-state index in [9.17, 15) is 13.2 Å². The third-order valence-corrected chi connectivity index (χ3v) is 6.31. The van der Waals surface area contributed by atoms with Crippen molar-refractivity contribution in [1.82, 2.24) is 5.32 Å². The molecule has 0 radical (unpaired) electrons. The van der Waals surface area contributed by atoms with E-state index in [1.54, 1.807) is 24.3 Å². The van der Waals surface area contributed by atoms with Crippen LogP contribution in [-0.4, -0.2) is 40.8 Å². The standard InChI is InChI=1S/C24H34N2O4S/c1-19(2)21-14-12-20(13-15-21)8-6-16-25-24(27)11-7-17-26(31(4,28)29)22-9-5-10-23(18-22)30-3/h5,9-10,12-15,18-19H,6-8,11,16-17H2,1-4H3,(H,25,27). The van der Waals surface area contributed by atoms with Crippen molar-refractivity contribution in [2.24, 2.45) is 0 Å². The molecule has 2 rings (SSSR count). The van der Waals surface area contributed by atoms with Gasteiger partial charge in [0.25, 0.3) is 0 Å². The summed E-state index contributed by atoms with van der Waals surface area (Å²) in [5, 5.41) is 2.93. The maximum Gasteiger partial charge on any atom is 0.232 e. The van der Waals surface area contributed by atoms with Crippen LogP contribution in [0.5, 0.6) is 5.75 Å². The number of methoxy groups -OCH3 is 1. The Balaban J connectivity index is 1.75. The first-order valence-corrected chi connectivity index (χ1v) is 12.5. The Morgan fingerprint density at radius 3 is 2.42 bits per heavy atom. The summed E-state index contributed by atoms with van der Waals surface area (Å²) in [7, 11) is -1.92. The van der Waals surface area contributed by atoms with E-state index in [0.29, 0.717) is 30.3 Å². The monoisotopic (exact) mass is 446 g/mol. The number of amides is 1. The SMILES string of the molecule is COc1cccc(N(CCCC(=O)NCCCc2ccc(C(C)C)cc2)S(C)(=O)=O)c1. The van der Waals surface area contributed by atoms with Gasteiger partial charge in [-0.3, -0.25) is 9.10 Å². The topological polar surface area (TPSA) is 75.7 Å². The highest BCUT2D eigenvalue weighted by Gasteiger charge is 2.18. The molecule has 1 N–H and O–H groups in total. The fraction of sp³-hybridized carbons (Fsp3) is 0.458. The zero-order valence-electron chi connectivity index (χ0n) is 18.9. The van der Waals surface area contributed by atoms with Crippen molar-refractivity contribution in [3.05, 3.63) is 59.7 Å². The van der Waals surface area contributed by atoms with Crippen LogP contribution >= 0.6 is 0 Å². The first kappa shape index (κ1) is 24.7. The number of aryl methyl sites for hydroxylation is 1. The summed E-state index contributed by atoms with van der Waals surface area (Å²) in [6, 6.07) is 15.5. The molecule has 0 heterocycles. The van der Waals surface area contributed by atoms with Gasteiger partial charge in [0, 0.05) is 25.6 Å². The maximum atomic E-state index is 12.2. The average molecular weight is 447 g/mol. The van der Waals surface area contributed by atoms with Gasteiger partial charge in [-0.25, -0.2) is 8.42 Å². The Bertz CT molecular complexity index is 940. The van der Waals surface area contributed by atoms with E-state index >= 15 is 0 Å². The lowest BCUT2D eigenvalue weighted by Crippen LogP contribution is -2.32. The molecular weight excluding hydrogens is 412 g/mol. The number of nitrogens with one attached hydrogen (secondary N) is 1. The summed E-state index contributed by atoms with van der Waals surface area (Å²) < 4.78 is 30.9. The zero-order chi connectivity index (χ0) is 22.9. The molecule has 0 bridgehead atoms. The highest BCUT2D eigenvalue weighted by Crippen LogP contribution is 2.23. The van der Waals surface area contributed by atoms with Gasteiger partial charge < -0.3 is 10.1 Å². The molecular formula is C24H34N2O4S. The summed E-state index contributed by atoms with van der Waals surface area (Å²) >= 11 is 0. The normalized spacial score (nSPS) is 11.4. The first-order chi connectivity index (χ1) is 14.7. The van der Waals surface area contributed by atoms with Crippen molar-refractivity contribution < 1.29 is 17.9 Å². The molecule has 0 saturated heterocycles. The smallest absolute Gasteiger partial charge is 0.232 e. The summed E-state index contributed by atoms with van der Waals surface area (Å²) in [6.45, 7) is 5.20. The molecule has 0 fully saturated rings. The molecule has 0 unspecified atom stereocenters. The second-order valence-electron chi connectivity index (χ2n) is 7.99. The van der Waals surface area contributed by atoms with Gasteiger partial charge in [0.15, 0.2) is 0 Å². The Morgan fingerprint density at radius 1 is 1.10 bits per heavy atom. The van der Waals surface area contributed by atoms with Crippen molar-refractivity contribution in [2.75, 3.05) is 30.8 Å². The Morgan fingerprint density at radius 2 is 1.81 bits per heavy atom. The Kier molecular flexibility index (Phi) is 9.37. The number of nitrogens with zero attached hydrogens (tertiary/aromatic N) is 1. The van der Waals surface area contributed by atoms with Crippen molar-refractivity contribution in [3.63, 3.8) is 0 Å². The van der Waals surface area contributed by atoms with Crippen LogP contribution in [0.4, 0.5) is 5.69 Å². The van der Waals surface area contributed by atoms with Gasteiger partial charge in [-0.15, -0.1) is 0 Å². The fourth-order valence-corrected chi connectivity index (χ4v) is 4.27. The molecule has 0 aliphatic carbocycles. The number of hydrogen-bond acceptors (Lipinski definition) is 4. The second-order valence-corrected chi connectivity index (χ2v) is 9.90. The summed E-state index contributed by atoms with van der Waals surface area (Å²) in [4.78, 5) is 12.1. The van der Waals surface area contributed by atoms with Gasteiger partial charge in [-0.2, -0.15) is 0 Å². The van der Waals surface area contributed by atoms with Crippen molar-refractivity contribution in [3.8, 4) is 5.75 Å². The van der Waals surface area contributed by atoms with Gasteiger partial charge >= 0.3 is 0 Å². The van der Waals surface area contributed by atoms with Gasteiger partial charge in [-0.1, -0.05) is 44.2 Å². The molecule has 2 aromatic rings. The molecule has 7 heteroatoms. The third-order valence-electron chi connectivity index (χ3n) is 5.12. The minimum atomic E-state index is -3.45. The van der Waals surface area contributed by atoms with Crippen LogP contribution in [0.1, 0.15) is 50.2 Å². The number of hydrogen-bond donors (Lipinski definition) is 1. The lowest BCUT2D eigenvalue weighted by atomic mass is 10.0. The molecule has 6 nitrogen and oxygen atoms in total.